The third kappa shape index (κ3) is 2.96. The van der Waals surface area contributed by atoms with Crippen LogP contribution in [0.5, 0.6) is 0 Å². The molecule has 0 bridgehead atoms. The maximum atomic E-state index is 12.2. The van der Waals surface area contributed by atoms with Crippen molar-refractivity contribution in [1.82, 2.24) is 20.0 Å². The number of amides is 2. The topological polar surface area (TPSA) is 76.5 Å². The Hall–Kier alpha value is -1.54. The van der Waals surface area contributed by atoms with Crippen LogP contribution in [0.4, 0.5) is 0 Å². The van der Waals surface area contributed by atoms with Crippen molar-refractivity contribution in [2.75, 3.05) is 26.0 Å². The summed E-state index contributed by atoms with van der Waals surface area (Å²) in [5.41, 5.74) is 0.772. The molecule has 1 N–H and O–H groups in total. The minimum absolute atomic E-state index is 0.0910. The fourth-order valence-electron chi connectivity index (χ4n) is 2.20. The van der Waals surface area contributed by atoms with Gasteiger partial charge in [0, 0.05) is 38.2 Å². The number of morpholine rings is 1. The second-order valence-electron chi connectivity index (χ2n) is 4.64. The molecule has 20 heavy (non-hydrogen) atoms. The molecule has 2 heterocycles. The van der Waals surface area contributed by atoms with Crippen LogP contribution in [0, 0.1) is 0 Å². The van der Waals surface area contributed by atoms with E-state index in [1.807, 2.05) is 0 Å². The summed E-state index contributed by atoms with van der Waals surface area (Å²) < 4.78 is 7.06. The van der Waals surface area contributed by atoms with E-state index in [0.717, 1.165) is 5.56 Å². The summed E-state index contributed by atoms with van der Waals surface area (Å²) in [5.74, 6) is 0.148. The predicted molar refractivity (Wildman–Crippen MR) is 75.3 cm³/mol. The Morgan fingerprint density at radius 3 is 2.95 bits per heavy atom. The van der Waals surface area contributed by atoms with E-state index >= 15 is 0 Å². The van der Waals surface area contributed by atoms with E-state index in [1.165, 1.54) is 4.90 Å². The molecule has 0 unspecified atom stereocenters. The van der Waals surface area contributed by atoms with Gasteiger partial charge in [0.25, 0.3) is 5.91 Å². The molecule has 1 aliphatic heterocycles. The fourth-order valence-corrected chi connectivity index (χ4v) is 2.31. The average molecular weight is 298 g/mol. The minimum atomic E-state index is -0.734. The second-order valence-corrected chi connectivity index (χ2v) is 5.09. The Bertz CT molecular complexity index is 505. The smallest absolute Gasteiger partial charge is 0.251 e. The molecular formula is C12H18N4O3S. The number of nitrogens with zero attached hydrogens (tertiary/aromatic N) is 3. The van der Waals surface area contributed by atoms with Crippen LogP contribution in [-0.4, -0.2) is 58.6 Å². The van der Waals surface area contributed by atoms with Crippen molar-refractivity contribution >= 4 is 24.4 Å². The van der Waals surface area contributed by atoms with Gasteiger partial charge in [0.2, 0.25) is 5.91 Å². The molecule has 1 saturated heterocycles. The average Bonchev–Trinajstić information content (AvgIpc) is 2.85. The number of aromatic nitrogens is 2. The number of likely N-dealkylation sites (N-methyl/N-ethyl adjacent to an activating group) is 1. The Morgan fingerprint density at radius 1 is 1.60 bits per heavy atom. The minimum Gasteiger partial charge on any atom is -0.356 e. The lowest BCUT2D eigenvalue weighted by Crippen LogP contribution is -2.53. The van der Waals surface area contributed by atoms with Gasteiger partial charge in [-0.1, -0.05) is 0 Å². The highest BCUT2D eigenvalue weighted by Crippen LogP contribution is 2.28. The van der Waals surface area contributed by atoms with Crippen LogP contribution in [0.1, 0.15) is 11.6 Å². The lowest BCUT2D eigenvalue weighted by Gasteiger charge is -2.37. The van der Waals surface area contributed by atoms with E-state index in [9.17, 15) is 9.59 Å². The largest absolute Gasteiger partial charge is 0.356 e. The summed E-state index contributed by atoms with van der Waals surface area (Å²) in [6.45, 7) is 0.367. The van der Waals surface area contributed by atoms with Gasteiger partial charge in [0.1, 0.15) is 6.61 Å². The summed E-state index contributed by atoms with van der Waals surface area (Å²) >= 11 is 4.05. The summed E-state index contributed by atoms with van der Waals surface area (Å²) in [5, 5.41) is 6.82. The van der Waals surface area contributed by atoms with Gasteiger partial charge < -0.3 is 15.0 Å². The number of thiol groups is 1. The fraction of sp³-hybridized carbons (Fsp3) is 0.583. The summed E-state index contributed by atoms with van der Waals surface area (Å²) in [6.07, 6.45) is 2.69. The third-order valence-corrected chi connectivity index (χ3v) is 3.44. The first kappa shape index (κ1) is 14.9. The Kier molecular flexibility index (Phi) is 4.66. The number of ether oxygens (including phenoxy) is 1. The molecule has 7 nitrogen and oxygen atoms in total. The van der Waals surface area contributed by atoms with Crippen LogP contribution >= 0.6 is 12.6 Å². The first-order chi connectivity index (χ1) is 9.54. The van der Waals surface area contributed by atoms with E-state index in [2.05, 4.69) is 23.0 Å². The number of hydrogen-bond acceptors (Lipinski definition) is 5. The highest BCUT2D eigenvalue weighted by atomic mass is 32.1. The zero-order chi connectivity index (χ0) is 14.7. The van der Waals surface area contributed by atoms with E-state index in [4.69, 9.17) is 4.74 Å². The molecule has 0 saturated carbocycles. The van der Waals surface area contributed by atoms with Crippen LogP contribution < -0.4 is 5.32 Å². The number of carbonyl (C=O) groups is 2. The summed E-state index contributed by atoms with van der Waals surface area (Å²) in [4.78, 5) is 25.5. The van der Waals surface area contributed by atoms with Crippen LogP contribution in [-0.2, 0) is 21.4 Å². The molecule has 110 valence electrons. The highest BCUT2D eigenvalue weighted by Gasteiger charge is 2.40. The SMILES string of the molecule is CN1C(=O)CO[C@@H](C(=O)NCCS)[C@H]1c1cnn(C)c1. The first-order valence-corrected chi connectivity index (χ1v) is 6.92. The second kappa shape index (κ2) is 6.27. The summed E-state index contributed by atoms with van der Waals surface area (Å²) in [7, 11) is 3.45. The van der Waals surface area contributed by atoms with Gasteiger partial charge in [-0.3, -0.25) is 14.3 Å². The number of carbonyl (C=O) groups excluding carboxylic acids is 2. The summed E-state index contributed by atoms with van der Waals surface area (Å²) in [6, 6.07) is -0.468. The van der Waals surface area contributed by atoms with Gasteiger partial charge in [-0.25, -0.2) is 0 Å². The standard InChI is InChI=1S/C12H18N4O3S/c1-15-6-8(5-14-15)10-11(12(18)13-3-4-20)19-7-9(17)16(10)2/h5-6,10-11,20H,3-4,7H2,1-2H3,(H,13,18)/t10-,11-/m1/s1. The molecule has 0 aliphatic carbocycles. The van der Waals surface area contributed by atoms with Crippen LogP contribution in [0.25, 0.3) is 0 Å². The van der Waals surface area contributed by atoms with Crippen molar-refractivity contribution in [3.05, 3.63) is 18.0 Å². The number of rotatable bonds is 4. The molecule has 1 aromatic rings. The molecular weight excluding hydrogens is 280 g/mol. The quantitative estimate of drug-likeness (QED) is 0.725. The van der Waals surface area contributed by atoms with Gasteiger partial charge in [0.15, 0.2) is 6.10 Å². The molecule has 2 amide bonds. The van der Waals surface area contributed by atoms with Crippen molar-refractivity contribution in [1.29, 1.82) is 0 Å². The lowest BCUT2D eigenvalue weighted by molar-refractivity contribution is -0.162. The predicted octanol–water partition coefficient (Wildman–Crippen LogP) is -0.636. The van der Waals surface area contributed by atoms with Crippen LogP contribution in [0.15, 0.2) is 12.4 Å². The molecule has 8 heteroatoms. The maximum Gasteiger partial charge on any atom is 0.251 e. The van der Waals surface area contributed by atoms with E-state index in [0.29, 0.717) is 12.3 Å². The Morgan fingerprint density at radius 2 is 2.35 bits per heavy atom. The Balaban J connectivity index is 2.24. The molecule has 1 aromatic heterocycles. The van der Waals surface area contributed by atoms with Crippen LogP contribution in [0.2, 0.25) is 0 Å². The Labute approximate surface area is 122 Å². The van der Waals surface area contributed by atoms with Gasteiger partial charge in [-0.05, 0) is 0 Å². The zero-order valence-corrected chi connectivity index (χ0v) is 12.3. The molecule has 0 radical (unpaired) electrons. The van der Waals surface area contributed by atoms with Gasteiger partial charge in [-0.2, -0.15) is 17.7 Å². The van der Waals surface area contributed by atoms with Gasteiger partial charge in [0.05, 0.1) is 12.2 Å². The van der Waals surface area contributed by atoms with Crippen molar-refractivity contribution in [2.24, 2.45) is 7.05 Å². The molecule has 0 spiro atoms. The normalized spacial score (nSPS) is 22.9. The van der Waals surface area contributed by atoms with Gasteiger partial charge in [-0.15, -0.1) is 0 Å². The van der Waals surface area contributed by atoms with Crippen molar-refractivity contribution < 1.29 is 14.3 Å². The van der Waals surface area contributed by atoms with Crippen molar-refractivity contribution in [3.63, 3.8) is 0 Å². The maximum absolute atomic E-state index is 12.2. The number of nitrogens with one attached hydrogen (secondary N) is 1. The van der Waals surface area contributed by atoms with Gasteiger partial charge >= 0.3 is 0 Å². The van der Waals surface area contributed by atoms with E-state index in [-0.39, 0.29) is 18.4 Å². The molecule has 2 atom stereocenters. The van der Waals surface area contributed by atoms with E-state index < -0.39 is 12.1 Å². The monoisotopic (exact) mass is 298 g/mol. The van der Waals surface area contributed by atoms with E-state index in [1.54, 1.807) is 31.2 Å². The third-order valence-electron chi connectivity index (χ3n) is 3.22. The molecule has 2 rings (SSSR count). The molecule has 1 fully saturated rings. The van der Waals surface area contributed by atoms with Crippen LogP contribution in [0.3, 0.4) is 0 Å². The number of hydrogen-bond donors (Lipinski definition) is 2. The number of aryl methyl sites for hydroxylation is 1. The zero-order valence-electron chi connectivity index (χ0n) is 11.4. The highest BCUT2D eigenvalue weighted by molar-refractivity contribution is 7.80. The van der Waals surface area contributed by atoms with Crippen molar-refractivity contribution in [3.8, 4) is 0 Å². The first-order valence-electron chi connectivity index (χ1n) is 6.29. The molecule has 1 aliphatic rings. The van der Waals surface area contributed by atoms with Crippen molar-refractivity contribution in [2.45, 2.75) is 12.1 Å². The molecule has 0 aromatic carbocycles. The lowest BCUT2D eigenvalue weighted by atomic mass is 10.0.